The van der Waals surface area contributed by atoms with Gasteiger partial charge in [0.2, 0.25) is 5.88 Å². The second kappa shape index (κ2) is 5.87. The molecule has 0 fully saturated rings. The molecule has 0 saturated carbocycles. The molecular weight excluding hydrogens is 292 g/mol. The molecule has 0 saturated heterocycles. The maximum atomic E-state index is 5.02. The molecule has 3 nitrogen and oxygen atoms in total. The molecule has 2 aromatic rings. The molecular formula is C14H15BrN2O. The summed E-state index contributed by atoms with van der Waals surface area (Å²) in [5, 5.41) is 3.36. The molecule has 0 spiro atoms. The van der Waals surface area contributed by atoms with Crippen molar-refractivity contribution >= 4 is 21.6 Å². The van der Waals surface area contributed by atoms with E-state index >= 15 is 0 Å². The van der Waals surface area contributed by atoms with E-state index in [0.717, 1.165) is 22.3 Å². The Morgan fingerprint density at radius 1 is 1.28 bits per heavy atom. The monoisotopic (exact) mass is 306 g/mol. The Kier molecular flexibility index (Phi) is 4.20. The molecule has 0 aliphatic carbocycles. The van der Waals surface area contributed by atoms with E-state index in [2.05, 4.69) is 51.4 Å². The SMILES string of the molecule is COc1ccc(CNc2ccc(C)c(Br)c2)cn1. The number of nitrogens with one attached hydrogen (secondary N) is 1. The van der Waals surface area contributed by atoms with Crippen molar-refractivity contribution in [1.29, 1.82) is 0 Å². The summed E-state index contributed by atoms with van der Waals surface area (Å²) in [6.07, 6.45) is 1.81. The van der Waals surface area contributed by atoms with Gasteiger partial charge in [0.15, 0.2) is 0 Å². The minimum atomic E-state index is 0.636. The van der Waals surface area contributed by atoms with Gasteiger partial charge in [-0.3, -0.25) is 0 Å². The maximum Gasteiger partial charge on any atom is 0.212 e. The number of nitrogens with zero attached hydrogens (tertiary/aromatic N) is 1. The standard InChI is InChI=1S/C14H15BrN2O/c1-10-3-5-12(7-13(10)15)16-8-11-4-6-14(18-2)17-9-11/h3-7,9,16H,8H2,1-2H3. The lowest BCUT2D eigenvalue weighted by Crippen LogP contribution is -2.00. The van der Waals surface area contributed by atoms with E-state index < -0.39 is 0 Å². The molecule has 1 aromatic carbocycles. The van der Waals surface area contributed by atoms with Crippen LogP contribution in [0.2, 0.25) is 0 Å². The van der Waals surface area contributed by atoms with Crippen molar-refractivity contribution in [3.8, 4) is 5.88 Å². The Morgan fingerprint density at radius 3 is 2.72 bits per heavy atom. The average molecular weight is 307 g/mol. The van der Waals surface area contributed by atoms with Crippen LogP contribution in [-0.4, -0.2) is 12.1 Å². The molecule has 1 heterocycles. The van der Waals surface area contributed by atoms with Crippen LogP contribution < -0.4 is 10.1 Å². The van der Waals surface area contributed by atoms with Crippen molar-refractivity contribution in [3.63, 3.8) is 0 Å². The van der Waals surface area contributed by atoms with E-state index in [9.17, 15) is 0 Å². The molecule has 94 valence electrons. The van der Waals surface area contributed by atoms with Gasteiger partial charge in [0, 0.05) is 29.0 Å². The van der Waals surface area contributed by atoms with Gasteiger partial charge in [0.25, 0.3) is 0 Å². The fourth-order valence-corrected chi connectivity index (χ4v) is 1.92. The smallest absolute Gasteiger partial charge is 0.212 e. The largest absolute Gasteiger partial charge is 0.481 e. The zero-order chi connectivity index (χ0) is 13.0. The van der Waals surface area contributed by atoms with Gasteiger partial charge in [-0.2, -0.15) is 0 Å². The van der Waals surface area contributed by atoms with Crippen molar-refractivity contribution < 1.29 is 4.74 Å². The predicted octanol–water partition coefficient (Wildman–Crippen LogP) is 3.77. The van der Waals surface area contributed by atoms with Crippen molar-refractivity contribution in [2.45, 2.75) is 13.5 Å². The lowest BCUT2D eigenvalue weighted by atomic mass is 10.2. The summed E-state index contributed by atoms with van der Waals surface area (Å²) in [6.45, 7) is 2.81. The van der Waals surface area contributed by atoms with Crippen molar-refractivity contribution in [1.82, 2.24) is 4.98 Å². The lowest BCUT2D eigenvalue weighted by Gasteiger charge is -2.08. The average Bonchev–Trinajstić information content (AvgIpc) is 2.41. The molecule has 0 aliphatic rings. The topological polar surface area (TPSA) is 34.1 Å². The summed E-state index contributed by atoms with van der Waals surface area (Å²) >= 11 is 3.52. The van der Waals surface area contributed by atoms with E-state index in [1.807, 2.05) is 18.3 Å². The molecule has 4 heteroatoms. The maximum absolute atomic E-state index is 5.02. The number of ether oxygens (including phenoxy) is 1. The summed E-state index contributed by atoms with van der Waals surface area (Å²) in [7, 11) is 1.62. The number of halogens is 1. The Balaban J connectivity index is 1.99. The van der Waals surface area contributed by atoms with Crippen LogP contribution >= 0.6 is 15.9 Å². The van der Waals surface area contributed by atoms with Crippen LogP contribution in [0.5, 0.6) is 5.88 Å². The minimum Gasteiger partial charge on any atom is -0.481 e. The number of aryl methyl sites for hydroxylation is 1. The first-order valence-electron chi connectivity index (χ1n) is 5.68. The fourth-order valence-electron chi connectivity index (χ4n) is 1.54. The molecule has 0 radical (unpaired) electrons. The van der Waals surface area contributed by atoms with Crippen LogP contribution in [0.25, 0.3) is 0 Å². The summed E-state index contributed by atoms with van der Waals surface area (Å²) in [4.78, 5) is 4.17. The van der Waals surface area contributed by atoms with E-state index in [4.69, 9.17) is 4.74 Å². The van der Waals surface area contributed by atoms with Gasteiger partial charge in [0.1, 0.15) is 0 Å². The van der Waals surface area contributed by atoms with E-state index in [0.29, 0.717) is 5.88 Å². The summed E-state index contributed by atoms with van der Waals surface area (Å²) in [5.74, 6) is 0.636. The number of methoxy groups -OCH3 is 1. The van der Waals surface area contributed by atoms with Crippen molar-refractivity contribution in [3.05, 3.63) is 52.1 Å². The number of hydrogen-bond donors (Lipinski definition) is 1. The molecule has 0 amide bonds. The van der Waals surface area contributed by atoms with E-state index in [1.54, 1.807) is 7.11 Å². The zero-order valence-corrected chi connectivity index (χ0v) is 12.0. The van der Waals surface area contributed by atoms with Crippen LogP contribution in [0, 0.1) is 6.92 Å². The van der Waals surface area contributed by atoms with Crippen LogP contribution in [0.4, 0.5) is 5.69 Å². The second-order valence-electron chi connectivity index (χ2n) is 4.03. The minimum absolute atomic E-state index is 0.636. The Hall–Kier alpha value is -1.55. The highest BCUT2D eigenvalue weighted by Gasteiger charge is 1.99. The molecule has 1 aromatic heterocycles. The first-order chi connectivity index (χ1) is 8.69. The van der Waals surface area contributed by atoms with Gasteiger partial charge in [0.05, 0.1) is 7.11 Å². The van der Waals surface area contributed by atoms with Crippen LogP contribution in [-0.2, 0) is 6.54 Å². The molecule has 0 unspecified atom stereocenters. The first-order valence-corrected chi connectivity index (χ1v) is 6.47. The van der Waals surface area contributed by atoms with Gasteiger partial charge in [-0.15, -0.1) is 0 Å². The molecule has 0 atom stereocenters. The quantitative estimate of drug-likeness (QED) is 0.933. The van der Waals surface area contributed by atoms with Crippen molar-refractivity contribution in [2.75, 3.05) is 12.4 Å². The highest BCUT2D eigenvalue weighted by molar-refractivity contribution is 9.10. The number of rotatable bonds is 4. The normalized spacial score (nSPS) is 10.2. The number of hydrogen-bond acceptors (Lipinski definition) is 3. The number of pyridine rings is 1. The highest BCUT2D eigenvalue weighted by Crippen LogP contribution is 2.21. The number of aromatic nitrogens is 1. The first kappa shape index (κ1) is 12.9. The van der Waals surface area contributed by atoms with Crippen LogP contribution in [0.3, 0.4) is 0 Å². The van der Waals surface area contributed by atoms with Crippen LogP contribution in [0.1, 0.15) is 11.1 Å². The molecule has 2 rings (SSSR count). The fraction of sp³-hybridized carbons (Fsp3) is 0.214. The summed E-state index contributed by atoms with van der Waals surface area (Å²) < 4.78 is 6.13. The third kappa shape index (κ3) is 3.23. The van der Waals surface area contributed by atoms with Crippen molar-refractivity contribution in [2.24, 2.45) is 0 Å². The lowest BCUT2D eigenvalue weighted by molar-refractivity contribution is 0.397. The second-order valence-corrected chi connectivity index (χ2v) is 4.88. The number of benzene rings is 1. The Labute approximate surface area is 115 Å². The Morgan fingerprint density at radius 2 is 2.11 bits per heavy atom. The van der Waals surface area contributed by atoms with E-state index in [1.165, 1.54) is 5.56 Å². The molecule has 18 heavy (non-hydrogen) atoms. The molecule has 0 aliphatic heterocycles. The van der Waals surface area contributed by atoms with Gasteiger partial charge < -0.3 is 10.1 Å². The molecule has 0 bridgehead atoms. The third-order valence-corrected chi connectivity index (χ3v) is 3.53. The van der Waals surface area contributed by atoms with Gasteiger partial charge in [-0.05, 0) is 30.2 Å². The predicted molar refractivity (Wildman–Crippen MR) is 77.0 cm³/mol. The Bertz CT molecular complexity index is 526. The number of anilines is 1. The third-order valence-electron chi connectivity index (χ3n) is 2.68. The van der Waals surface area contributed by atoms with E-state index in [-0.39, 0.29) is 0 Å². The highest BCUT2D eigenvalue weighted by atomic mass is 79.9. The molecule has 1 N–H and O–H groups in total. The van der Waals surface area contributed by atoms with Gasteiger partial charge >= 0.3 is 0 Å². The van der Waals surface area contributed by atoms with Crippen LogP contribution in [0.15, 0.2) is 41.0 Å². The zero-order valence-electron chi connectivity index (χ0n) is 10.4. The summed E-state index contributed by atoms with van der Waals surface area (Å²) in [5.41, 5.74) is 3.43. The van der Waals surface area contributed by atoms with Gasteiger partial charge in [-0.25, -0.2) is 4.98 Å². The summed E-state index contributed by atoms with van der Waals surface area (Å²) in [6, 6.07) is 10.1. The van der Waals surface area contributed by atoms with Gasteiger partial charge in [-0.1, -0.05) is 28.1 Å².